The number of halogens is 2. The average Bonchev–Trinajstić information content (AvgIpc) is 3.62. The molecule has 33 heavy (non-hydrogen) atoms. The summed E-state index contributed by atoms with van der Waals surface area (Å²) in [6, 6.07) is 12.3. The van der Waals surface area contributed by atoms with Crippen LogP contribution in [-0.2, 0) is 27.4 Å². The lowest BCUT2D eigenvalue weighted by atomic mass is 9.99. The van der Waals surface area contributed by atoms with Crippen molar-refractivity contribution in [1.82, 2.24) is 5.32 Å². The summed E-state index contributed by atoms with van der Waals surface area (Å²) in [6.07, 6.45) is 2.63. The highest BCUT2D eigenvalue weighted by Gasteiger charge is 2.22. The second-order valence-electron chi connectivity index (χ2n) is 8.14. The molecule has 1 aliphatic rings. The zero-order valence-electron chi connectivity index (χ0n) is 18.6. The van der Waals surface area contributed by atoms with Gasteiger partial charge in [-0.15, -0.1) is 0 Å². The lowest BCUT2D eigenvalue weighted by Crippen LogP contribution is -2.42. The number of benzene rings is 2. The van der Waals surface area contributed by atoms with Crippen LogP contribution in [0, 0.1) is 5.92 Å². The van der Waals surface area contributed by atoms with Gasteiger partial charge in [-0.3, -0.25) is 4.79 Å². The van der Waals surface area contributed by atoms with Crippen molar-refractivity contribution in [2.24, 2.45) is 5.92 Å². The minimum atomic E-state index is -1.15. The van der Waals surface area contributed by atoms with E-state index in [1.54, 1.807) is 7.11 Å². The first-order valence-electron chi connectivity index (χ1n) is 10.7. The summed E-state index contributed by atoms with van der Waals surface area (Å²) < 4.78 is 11.2. The number of carbonyl (C=O) groups excluding carboxylic acids is 1. The van der Waals surface area contributed by atoms with Gasteiger partial charge in [-0.05, 0) is 48.4 Å². The Hall–Kier alpha value is -2.54. The molecule has 1 amide bonds. The number of rotatable bonds is 11. The smallest absolute Gasteiger partial charge is 0.326 e. The van der Waals surface area contributed by atoms with Gasteiger partial charge >= 0.3 is 5.97 Å². The molecule has 2 N–H and O–H groups in total. The normalized spacial score (nSPS) is 13.8. The molecule has 0 heterocycles. The van der Waals surface area contributed by atoms with Gasteiger partial charge in [0.25, 0.3) is 0 Å². The third-order valence-corrected chi connectivity index (χ3v) is 6.08. The molecule has 176 valence electrons. The Balaban J connectivity index is 1.68. The molecule has 1 fully saturated rings. The van der Waals surface area contributed by atoms with Crippen molar-refractivity contribution in [3.05, 3.63) is 63.7 Å². The van der Waals surface area contributed by atoms with Gasteiger partial charge in [-0.25, -0.2) is 4.79 Å². The summed E-state index contributed by atoms with van der Waals surface area (Å²) in [4.78, 5) is 23.7. The number of carboxylic acid groups (broad SMARTS) is 1. The maximum absolute atomic E-state index is 12.1. The molecule has 0 radical (unpaired) electrons. The zero-order chi connectivity index (χ0) is 24.0. The van der Waals surface area contributed by atoms with E-state index >= 15 is 0 Å². The van der Waals surface area contributed by atoms with Gasteiger partial charge in [0, 0.05) is 24.2 Å². The molecule has 2 aromatic carbocycles. The second-order valence-corrected chi connectivity index (χ2v) is 9.09. The summed E-state index contributed by atoms with van der Waals surface area (Å²) >= 11 is 11.2. The van der Waals surface area contributed by atoms with Gasteiger partial charge in [-0.2, -0.15) is 0 Å². The fraction of sp³-hybridized carbons (Fsp3) is 0.360. The van der Waals surface area contributed by atoms with E-state index in [0.29, 0.717) is 6.61 Å². The Kier molecular flexibility index (Phi) is 8.78. The Morgan fingerprint density at radius 1 is 1.12 bits per heavy atom. The molecular formula is C25H27Cl2NO5. The molecule has 2 aromatic rings. The molecule has 0 spiro atoms. The molecule has 8 heteroatoms. The van der Waals surface area contributed by atoms with Crippen LogP contribution in [0.2, 0.25) is 0 Å². The van der Waals surface area contributed by atoms with E-state index in [4.69, 9.17) is 32.7 Å². The van der Waals surface area contributed by atoms with Gasteiger partial charge in [0.15, 0.2) is 0 Å². The van der Waals surface area contributed by atoms with E-state index in [1.807, 2.05) is 42.5 Å². The minimum absolute atomic E-state index is 0.0633. The van der Waals surface area contributed by atoms with Gasteiger partial charge < -0.3 is 19.9 Å². The monoisotopic (exact) mass is 491 g/mol. The Labute approximate surface area is 203 Å². The number of methoxy groups -OCH3 is 1. The third kappa shape index (κ3) is 7.22. The number of amides is 1. The second kappa shape index (κ2) is 11.5. The molecule has 1 atom stereocenters. The standard InChI is InChI=1S/C25H27Cl2NO5/c1-15(23(26)27)24(29)28-21(25(30)31)11-16-5-8-19(9-6-16)20-10-7-18(12-22(20)32-2)14-33-13-17-3-4-17/h5-10,12,17,21H,3-4,11,13-14H2,1-2H3,(H,28,29)(H,30,31)/t21-/m0/s1. The summed E-state index contributed by atoms with van der Waals surface area (Å²) in [5.74, 6) is -0.305. The molecule has 0 aromatic heterocycles. The lowest BCUT2D eigenvalue weighted by molar-refractivity contribution is -0.141. The van der Waals surface area contributed by atoms with E-state index in [-0.39, 0.29) is 16.5 Å². The molecule has 1 aliphatic carbocycles. The molecule has 3 rings (SSSR count). The van der Waals surface area contributed by atoms with E-state index < -0.39 is 17.9 Å². The lowest BCUT2D eigenvalue weighted by Gasteiger charge is -2.16. The summed E-state index contributed by atoms with van der Waals surface area (Å²) in [5, 5.41) is 11.9. The minimum Gasteiger partial charge on any atom is -0.496 e. The van der Waals surface area contributed by atoms with Crippen molar-refractivity contribution >= 4 is 35.1 Å². The quantitative estimate of drug-likeness (QED) is 0.426. The van der Waals surface area contributed by atoms with Crippen LogP contribution in [0.25, 0.3) is 11.1 Å². The number of carbonyl (C=O) groups is 2. The molecular weight excluding hydrogens is 465 g/mol. The highest BCUT2D eigenvalue weighted by molar-refractivity contribution is 6.57. The van der Waals surface area contributed by atoms with Crippen molar-refractivity contribution < 1.29 is 24.2 Å². The maximum Gasteiger partial charge on any atom is 0.326 e. The van der Waals surface area contributed by atoms with Crippen molar-refractivity contribution in [3.8, 4) is 16.9 Å². The van der Waals surface area contributed by atoms with E-state index in [9.17, 15) is 14.7 Å². The van der Waals surface area contributed by atoms with Crippen LogP contribution < -0.4 is 10.1 Å². The van der Waals surface area contributed by atoms with Crippen LogP contribution in [0.15, 0.2) is 52.5 Å². The Morgan fingerprint density at radius 2 is 1.79 bits per heavy atom. The maximum atomic E-state index is 12.1. The summed E-state index contributed by atoms with van der Waals surface area (Å²) in [6.45, 7) is 2.78. The molecule has 0 saturated heterocycles. The molecule has 0 aliphatic heterocycles. The number of ether oxygens (including phenoxy) is 2. The van der Waals surface area contributed by atoms with Crippen LogP contribution in [0.1, 0.15) is 30.9 Å². The molecule has 6 nitrogen and oxygen atoms in total. The third-order valence-electron chi connectivity index (χ3n) is 5.52. The molecule has 1 saturated carbocycles. The zero-order valence-corrected chi connectivity index (χ0v) is 20.1. The van der Waals surface area contributed by atoms with Crippen molar-refractivity contribution in [1.29, 1.82) is 0 Å². The summed E-state index contributed by atoms with van der Waals surface area (Å²) in [7, 11) is 1.63. The number of nitrogens with one attached hydrogen (secondary N) is 1. The Bertz CT molecular complexity index is 1030. The van der Waals surface area contributed by atoms with Crippen molar-refractivity contribution in [2.45, 2.75) is 38.8 Å². The largest absolute Gasteiger partial charge is 0.496 e. The van der Waals surface area contributed by atoms with Crippen LogP contribution in [0.4, 0.5) is 0 Å². The van der Waals surface area contributed by atoms with Gasteiger partial charge in [0.1, 0.15) is 16.3 Å². The molecule has 0 unspecified atom stereocenters. The predicted molar refractivity (Wildman–Crippen MR) is 128 cm³/mol. The first-order valence-corrected chi connectivity index (χ1v) is 11.4. The summed E-state index contributed by atoms with van der Waals surface area (Å²) in [5.41, 5.74) is 3.73. The molecule has 0 bridgehead atoms. The first-order chi connectivity index (χ1) is 15.8. The van der Waals surface area contributed by atoms with E-state index in [1.165, 1.54) is 19.8 Å². The predicted octanol–water partition coefficient (Wildman–Crippen LogP) is 5.11. The number of hydrogen-bond donors (Lipinski definition) is 2. The van der Waals surface area contributed by atoms with E-state index in [2.05, 4.69) is 5.32 Å². The van der Waals surface area contributed by atoms with Crippen molar-refractivity contribution in [2.75, 3.05) is 13.7 Å². The highest BCUT2D eigenvalue weighted by atomic mass is 35.5. The Morgan fingerprint density at radius 3 is 2.36 bits per heavy atom. The number of aliphatic carboxylic acids is 1. The van der Waals surface area contributed by atoms with Gasteiger partial charge in [0.2, 0.25) is 5.91 Å². The SMILES string of the molecule is COc1cc(COCC2CC2)ccc1-c1ccc(C[C@H](NC(=O)C(C)=C(Cl)Cl)C(=O)O)cc1. The van der Waals surface area contributed by atoms with E-state index in [0.717, 1.165) is 40.5 Å². The number of carboxylic acids is 1. The fourth-order valence-corrected chi connectivity index (χ4v) is 3.47. The van der Waals surface area contributed by atoms with Gasteiger partial charge in [0.05, 0.1) is 13.7 Å². The number of hydrogen-bond acceptors (Lipinski definition) is 4. The highest BCUT2D eigenvalue weighted by Crippen LogP contribution is 2.32. The van der Waals surface area contributed by atoms with Crippen LogP contribution >= 0.6 is 23.2 Å². The van der Waals surface area contributed by atoms with Gasteiger partial charge in [-0.1, -0.05) is 59.6 Å². The van der Waals surface area contributed by atoms with Crippen LogP contribution in [0.5, 0.6) is 5.75 Å². The fourth-order valence-electron chi connectivity index (χ4n) is 3.30. The van der Waals surface area contributed by atoms with Crippen LogP contribution in [-0.4, -0.2) is 36.7 Å². The first kappa shape index (κ1) is 25.1. The van der Waals surface area contributed by atoms with Crippen LogP contribution in [0.3, 0.4) is 0 Å². The van der Waals surface area contributed by atoms with Crippen molar-refractivity contribution in [3.63, 3.8) is 0 Å². The topological polar surface area (TPSA) is 84.9 Å². The average molecular weight is 492 g/mol.